The third kappa shape index (κ3) is 2.76. The Morgan fingerprint density at radius 2 is 2.16 bits per heavy atom. The molecule has 3 N–H and O–H groups in total. The maximum Gasteiger partial charge on any atom is 0.244 e. The molecule has 0 fully saturated rings. The van der Waals surface area contributed by atoms with Gasteiger partial charge >= 0.3 is 0 Å². The van der Waals surface area contributed by atoms with Crippen LogP contribution in [-0.2, 0) is 6.42 Å². The van der Waals surface area contributed by atoms with E-state index in [2.05, 4.69) is 23.2 Å². The highest BCUT2D eigenvalue weighted by Crippen LogP contribution is 2.46. The largest absolute Gasteiger partial charge is 0.497 e. The van der Waals surface area contributed by atoms with Crippen molar-refractivity contribution in [3.63, 3.8) is 0 Å². The molecular formula is C18H20N4O3. The number of nitrogens with one attached hydrogen (secondary N) is 1. The minimum atomic E-state index is -0.431. The molecule has 2 heterocycles. The molecule has 0 amide bonds. The molecule has 25 heavy (non-hydrogen) atoms. The van der Waals surface area contributed by atoms with Gasteiger partial charge in [-0.25, -0.2) is 0 Å². The van der Waals surface area contributed by atoms with Crippen molar-refractivity contribution in [2.24, 2.45) is 5.73 Å². The molecule has 1 aromatic heterocycles. The van der Waals surface area contributed by atoms with Gasteiger partial charge in [-0.15, -0.1) is 5.10 Å². The minimum absolute atomic E-state index is 0.0550. The van der Waals surface area contributed by atoms with E-state index >= 15 is 0 Å². The van der Waals surface area contributed by atoms with Crippen LogP contribution in [0.2, 0.25) is 0 Å². The number of H-pyrrole nitrogens is 1. The Hall–Kier alpha value is -3.14. The van der Waals surface area contributed by atoms with Gasteiger partial charge in [-0.2, -0.15) is 5.26 Å². The van der Waals surface area contributed by atoms with E-state index in [1.54, 1.807) is 14.2 Å². The van der Waals surface area contributed by atoms with Crippen LogP contribution in [0.15, 0.2) is 29.7 Å². The number of rotatable bonds is 5. The second-order valence-corrected chi connectivity index (χ2v) is 5.70. The zero-order valence-corrected chi connectivity index (χ0v) is 14.4. The Bertz CT molecular complexity index is 864. The molecule has 1 atom stereocenters. The number of ether oxygens (including phenoxy) is 3. The number of nitriles is 1. The number of allylic oxidation sites excluding steroid dienone is 1. The number of hydrogen-bond acceptors (Lipinski definition) is 6. The first-order valence-corrected chi connectivity index (χ1v) is 8.01. The first-order chi connectivity index (χ1) is 12.1. The van der Waals surface area contributed by atoms with Gasteiger partial charge in [0.15, 0.2) is 0 Å². The van der Waals surface area contributed by atoms with Crippen LogP contribution < -0.4 is 19.9 Å². The lowest BCUT2D eigenvalue weighted by Crippen LogP contribution is -2.21. The molecule has 0 saturated carbocycles. The molecule has 1 aromatic carbocycles. The molecule has 0 bridgehead atoms. The van der Waals surface area contributed by atoms with E-state index in [4.69, 9.17) is 19.9 Å². The van der Waals surface area contributed by atoms with E-state index in [0.29, 0.717) is 23.0 Å². The maximum atomic E-state index is 9.70. The molecule has 0 aliphatic carbocycles. The number of methoxy groups -OCH3 is 2. The average molecular weight is 340 g/mol. The molecule has 0 unspecified atom stereocenters. The lowest BCUT2D eigenvalue weighted by Gasteiger charge is -2.25. The quantitative estimate of drug-likeness (QED) is 0.866. The van der Waals surface area contributed by atoms with Gasteiger partial charge in [0, 0.05) is 11.3 Å². The summed E-state index contributed by atoms with van der Waals surface area (Å²) in [6.45, 7) is 2.08. The third-order valence-electron chi connectivity index (χ3n) is 4.27. The summed E-state index contributed by atoms with van der Waals surface area (Å²) in [5, 5.41) is 16.9. The van der Waals surface area contributed by atoms with Gasteiger partial charge in [0.1, 0.15) is 23.1 Å². The summed E-state index contributed by atoms with van der Waals surface area (Å²) in [4.78, 5) is 0. The molecule has 1 aliphatic rings. The van der Waals surface area contributed by atoms with Crippen LogP contribution >= 0.6 is 0 Å². The molecule has 0 spiro atoms. The third-order valence-corrected chi connectivity index (χ3v) is 4.27. The number of aromatic nitrogens is 2. The van der Waals surface area contributed by atoms with Gasteiger partial charge in [-0.3, -0.25) is 5.10 Å². The molecule has 1 aliphatic heterocycles. The zero-order chi connectivity index (χ0) is 18.0. The number of hydrogen-bond donors (Lipinski definition) is 2. The SMILES string of the molecule is CCCc1[nH]nc2c1[C@H](c1cc(OC)ccc1OC)C(C#N)=C(N)O2. The summed E-state index contributed by atoms with van der Waals surface area (Å²) in [5.41, 5.74) is 8.84. The van der Waals surface area contributed by atoms with Gasteiger partial charge in [-0.05, 0) is 24.6 Å². The van der Waals surface area contributed by atoms with Gasteiger partial charge in [0.25, 0.3) is 0 Å². The van der Waals surface area contributed by atoms with Crippen LogP contribution in [-0.4, -0.2) is 24.4 Å². The number of nitrogens with zero attached hydrogens (tertiary/aromatic N) is 2. The monoisotopic (exact) mass is 340 g/mol. The van der Waals surface area contributed by atoms with E-state index < -0.39 is 5.92 Å². The van der Waals surface area contributed by atoms with Crippen molar-refractivity contribution in [2.45, 2.75) is 25.7 Å². The van der Waals surface area contributed by atoms with Crippen LogP contribution in [0.1, 0.15) is 36.1 Å². The zero-order valence-electron chi connectivity index (χ0n) is 14.4. The molecule has 2 aromatic rings. The number of aromatic amines is 1. The van der Waals surface area contributed by atoms with Crippen molar-refractivity contribution in [3.8, 4) is 23.4 Å². The first kappa shape index (κ1) is 16.7. The first-order valence-electron chi connectivity index (χ1n) is 8.01. The Labute approximate surface area is 146 Å². The van der Waals surface area contributed by atoms with Gasteiger partial charge in [-0.1, -0.05) is 13.3 Å². The summed E-state index contributed by atoms with van der Waals surface area (Å²) >= 11 is 0. The van der Waals surface area contributed by atoms with Crippen molar-refractivity contribution in [1.82, 2.24) is 10.2 Å². The van der Waals surface area contributed by atoms with Gasteiger partial charge < -0.3 is 19.9 Å². The maximum absolute atomic E-state index is 9.70. The molecule has 0 saturated heterocycles. The smallest absolute Gasteiger partial charge is 0.244 e. The number of aryl methyl sites for hydroxylation is 1. The summed E-state index contributed by atoms with van der Waals surface area (Å²) in [5.74, 6) is 1.33. The highest BCUT2D eigenvalue weighted by molar-refractivity contribution is 5.59. The Balaban J connectivity index is 2.27. The summed E-state index contributed by atoms with van der Waals surface area (Å²) in [6.07, 6.45) is 1.71. The molecule has 0 radical (unpaired) electrons. The van der Waals surface area contributed by atoms with Gasteiger partial charge in [0.05, 0.1) is 25.7 Å². The van der Waals surface area contributed by atoms with Crippen LogP contribution in [0, 0.1) is 11.3 Å². The second kappa shape index (κ2) is 6.77. The van der Waals surface area contributed by atoms with Crippen molar-refractivity contribution >= 4 is 0 Å². The van der Waals surface area contributed by atoms with Crippen LogP contribution in [0.5, 0.6) is 17.4 Å². The second-order valence-electron chi connectivity index (χ2n) is 5.70. The Morgan fingerprint density at radius 3 is 2.80 bits per heavy atom. The molecule has 3 rings (SSSR count). The number of nitrogens with two attached hydrogens (primary N) is 1. The minimum Gasteiger partial charge on any atom is -0.497 e. The van der Waals surface area contributed by atoms with Crippen LogP contribution in [0.3, 0.4) is 0 Å². The predicted molar refractivity (Wildman–Crippen MR) is 91.4 cm³/mol. The number of fused-ring (bicyclic) bond motifs is 1. The van der Waals surface area contributed by atoms with Crippen LogP contribution in [0.25, 0.3) is 0 Å². The molecule has 7 nitrogen and oxygen atoms in total. The van der Waals surface area contributed by atoms with E-state index in [-0.39, 0.29) is 5.88 Å². The van der Waals surface area contributed by atoms with Crippen molar-refractivity contribution in [1.29, 1.82) is 5.26 Å². The Morgan fingerprint density at radius 1 is 1.36 bits per heavy atom. The summed E-state index contributed by atoms with van der Waals surface area (Å²) in [6, 6.07) is 7.66. The van der Waals surface area contributed by atoms with E-state index in [1.165, 1.54) is 0 Å². The van der Waals surface area contributed by atoms with Crippen molar-refractivity contribution < 1.29 is 14.2 Å². The fraction of sp³-hybridized carbons (Fsp3) is 0.333. The highest BCUT2D eigenvalue weighted by atomic mass is 16.5. The lowest BCUT2D eigenvalue weighted by atomic mass is 9.83. The highest BCUT2D eigenvalue weighted by Gasteiger charge is 2.36. The molecular weight excluding hydrogens is 320 g/mol. The van der Waals surface area contributed by atoms with Gasteiger partial charge in [0.2, 0.25) is 11.8 Å². The average Bonchev–Trinajstić information content (AvgIpc) is 3.02. The van der Waals surface area contributed by atoms with Crippen molar-refractivity contribution in [2.75, 3.05) is 14.2 Å². The van der Waals surface area contributed by atoms with Crippen LogP contribution in [0.4, 0.5) is 0 Å². The Kier molecular flexibility index (Phi) is 4.52. The summed E-state index contributed by atoms with van der Waals surface area (Å²) < 4.78 is 16.4. The molecule has 130 valence electrons. The van der Waals surface area contributed by atoms with E-state index in [9.17, 15) is 5.26 Å². The molecule has 7 heteroatoms. The lowest BCUT2D eigenvalue weighted by molar-refractivity contribution is 0.373. The topological polar surface area (TPSA) is 106 Å². The summed E-state index contributed by atoms with van der Waals surface area (Å²) in [7, 11) is 3.18. The van der Waals surface area contributed by atoms with Crippen molar-refractivity contribution in [3.05, 3.63) is 46.5 Å². The van der Waals surface area contributed by atoms with E-state index in [1.807, 2.05) is 18.2 Å². The fourth-order valence-corrected chi connectivity index (χ4v) is 3.13. The van der Waals surface area contributed by atoms with E-state index in [0.717, 1.165) is 29.7 Å². The number of benzene rings is 1. The fourth-order valence-electron chi connectivity index (χ4n) is 3.13. The normalized spacial score (nSPS) is 16.0. The standard InChI is InChI=1S/C18H20N4O3/c1-4-5-13-16-15(11-8-10(23-2)6-7-14(11)24-3)12(9-19)17(20)25-18(16)22-21-13/h6-8,15H,4-5,20H2,1-3H3,(H,21,22)/t15-/m1/s1. The predicted octanol–water partition coefficient (Wildman–Crippen LogP) is 2.60.